The summed E-state index contributed by atoms with van der Waals surface area (Å²) >= 11 is 1.59. The molecule has 2 rings (SSSR count). The van der Waals surface area contributed by atoms with Crippen LogP contribution in [-0.2, 0) is 4.74 Å². The molecule has 15 heavy (non-hydrogen) atoms. The van der Waals surface area contributed by atoms with E-state index in [0.717, 1.165) is 13.0 Å². The second-order valence-electron chi connectivity index (χ2n) is 3.36. The topological polar surface area (TPSA) is 58.8 Å². The first-order valence-electron chi connectivity index (χ1n) is 4.81. The zero-order valence-electron chi connectivity index (χ0n) is 8.38. The van der Waals surface area contributed by atoms with Crippen LogP contribution in [0.1, 0.15) is 19.0 Å². The predicted octanol–water partition coefficient (Wildman–Crippen LogP) is 1.62. The minimum Gasteiger partial charge on any atom is -0.377 e. The average molecular weight is 221 g/mol. The predicted molar refractivity (Wildman–Crippen MR) is 56.4 cm³/mol. The normalized spacial score (nSPS) is 25.1. The maximum atomic E-state index is 8.70. The van der Waals surface area contributed by atoms with Crippen LogP contribution in [0.5, 0.6) is 0 Å². The Labute approximate surface area is 92.7 Å². The van der Waals surface area contributed by atoms with Gasteiger partial charge in [0.1, 0.15) is 11.8 Å². The van der Waals surface area contributed by atoms with Crippen molar-refractivity contribution in [1.29, 1.82) is 5.26 Å². The third-order valence-corrected chi connectivity index (χ3v) is 3.64. The average Bonchev–Trinajstić information content (AvgIpc) is 2.65. The molecule has 0 spiro atoms. The molecule has 0 bridgehead atoms. The van der Waals surface area contributed by atoms with Gasteiger partial charge in [0, 0.05) is 18.1 Å². The van der Waals surface area contributed by atoms with Gasteiger partial charge in [0.05, 0.1) is 6.10 Å². The van der Waals surface area contributed by atoms with E-state index in [2.05, 4.69) is 16.9 Å². The maximum absolute atomic E-state index is 8.70. The number of rotatable bonds is 2. The Balaban J connectivity index is 2.07. The Morgan fingerprint density at radius 2 is 2.53 bits per heavy atom. The van der Waals surface area contributed by atoms with Crippen molar-refractivity contribution in [3.05, 3.63) is 18.0 Å². The fraction of sp³-hybridized carbons (Fsp3) is 0.500. The summed E-state index contributed by atoms with van der Waals surface area (Å²) in [6, 6.07) is 3.62. The lowest BCUT2D eigenvalue weighted by Gasteiger charge is -2.11. The quantitative estimate of drug-likeness (QED) is 0.710. The molecule has 4 nitrogen and oxygen atoms in total. The molecule has 0 saturated carbocycles. The molecule has 2 heterocycles. The van der Waals surface area contributed by atoms with Crippen LogP contribution in [0.2, 0.25) is 0 Å². The van der Waals surface area contributed by atoms with Gasteiger partial charge < -0.3 is 4.74 Å². The van der Waals surface area contributed by atoms with E-state index in [1.807, 2.05) is 6.07 Å². The van der Waals surface area contributed by atoms with Crippen LogP contribution in [0, 0.1) is 11.3 Å². The standard InChI is InChI=1S/C10H11N3OS/c1-7-9(3-5-14-7)15-10-12-4-2-8(6-11)13-10/h2,4,7,9H,3,5H2,1H3. The largest absolute Gasteiger partial charge is 0.377 e. The summed E-state index contributed by atoms with van der Waals surface area (Å²) in [4.78, 5) is 8.25. The SMILES string of the molecule is CC1OCCC1Sc1nccc(C#N)n1. The summed E-state index contributed by atoms with van der Waals surface area (Å²) in [5.41, 5.74) is 0.416. The smallest absolute Gasteiger partial charge is 0.189 e. The first-order valence-corrected chi connectivity index (χ1v) is 5.69. The van der Waals surface area contributed by atoms with Crippen molar-refractivity contribution >= 4 is 11.8 Å². The fourth-order valence-corrected chi connectivity index (χ4v) is 2.49. The highest BCUT2D eigenvalue weighted by atomic mass is 32.2. The van der Waals surface area contributed by atoms with Crippen LogP contribution >= 0.6 is 11.8 Å². The summed E-state index contributed by atoms with van der Waals surface area (Å²) in [5, 5.41) is 9.77. The van der Waals surface area contributed by atoms with Crippen LogP contribution < -0.4 is 0 Å². The first-order chi connectivity index (χ1) is 7.29. The van der Waals surface area contributed by atoms with Gasteiger partial charge in [-0.2, -0.15) is 5.26 Å². The Kier molecular flexibility index (Phi) is 3.19. The molecule has 1 aromatic heterocycles. The number of ether oxygens (including phenoxy) is 1. The van der Waals surface area contributed by atoms with Gasteiger partial charge in [-0.3, -0.25) is 0 Å². The number of aromatic nitrogens is 2. The molecule has 0 aromatic carbocycles. The van der Waals surface area contributed by atoms with Crippen LogP contribution in [0.25, 0.3) is 0 Å². The second-order valence-corrected chi connectivity index (χ2v) is 4.56. The molecule has 2 unspecified atom stereocenters. The van der Waals surface area contributed by atoms with Gasteiger partial charge in [0.2, 0.25) is 0 Å². The summed E-state index contributed by atoms with van der Waals surface area (Å²) < 4.78 is 5.45. The Hall–Kier alpha value is -1.12. The lowest BCUT2D eigenvalue weighted by Crippen LogP contribution is -2.13. The third kappa shape index (κ3) is 2.46. The molecule has 1 aliphatic rings. The molecule has 1 fully saturated rings. The van der Waals surface area contributed by atoms with E-state index in [1.165, 1.54) is 0 Å². The zero-order valence-corrected chi connectivity index (χ0v) is 9.20. The van der Waals surface area contributed by atoms with E-state index in [9.17, 15) is 0 Å². The Morgan fingerprint density at radius 1 is 1.67 bits per heavy atom. The third-order valence-electron chi connectivity index (χ3n) is 2.31. The van der Waals surface area contributed by atoms with Gasteiger partial charge in [-0.25, -0.2) is 9.97 Å². The fourth-order valence-electron chi connectivity index (χ4n) is 1.46. The highest BCUT2D eigenvalue weighted by molar-refractivity contribution is 7.99. The Bertz CT molecular complexity index is 390. The number of thioether (sulfide) groups is 1. The van der Waals surface area contributed by atoms with Gasteiger partial charge >= 0.3 is 0 Å². The molecule has 0 aliphatic carbocycles. The van der Waals surface area contributed by atoms with Crippen molar-refractivity contribution in [2.45, 2.75) is 29.9 Å². The molecule has 1 aromatic rings. The monoisotopic (exact) mass is 221 g/mol. The van der Waals surface area contributed by atoms with Crippen molar-refractivity contribution in [2.24, 2.45) is 0 Å². The zero-order chi connectivity index (χ0) is 10.7. The van der Waals surface area contributed by atoms with E-state index in [1.54, 1.807) is 24.0 Å². The first kappa shape index (κ1) is 10.4. The number of nitrogens with zero attached hydrogens (tertiary/aromatic N) is 3. The highest BCUT2D eigenvalue weighted by Crippen LogP contribution is 2.30. The van der Waals surface area contributed by atoms with E-state index in [4.69, 9.17) is 10.00 Å². The van der Waals surface area contributed by atoms with Crippen molar-refractivity contribution in [3.63, 3.8) is 0 Å². The van der Waals surface area contributed by atoms with E-state index < -0.39 is 0 Å². The number of nitriles is 1. The van der Waals surface area contributed by atoms with Crippen LogP contribution in [0.15, 0.2) is 17.4 Å². The molecule has 78 valence electrons. The molecule has 0 radical (unpaired) electrons. The van der Waals surface area contributed by atoms with Crippen molar-refractivity contribution in [3.8, 4) is 6.07 Å². The minimum absolute atomic E-state index is 0.240. The molecule has 1 saturated heterocycles. The highest BCUT2D eigenvalue weighted by Gasteiger charge is 2.26. The second kappa shape index (κ2) is 4.60. The maximum Gasteiger partial charge on any atom is 0.189 e. The van der Waals surface area contributed by atoms with Crippen LogP contribution in [0.3, 0.4) is 0 Å². The van der Waals surface area contributed by atoms with Crippen molar-refractivity contribution in [2.75, 3.05) is 6.61 Å². The molecule has 2 atom stereocenters. The Morgan fingerprint density at radius 3 is 3.20 bits per heavy atom. The van der Waals surface area contributed by atoms with E-state index in [-0.39, 0.29) is 6.10 Å². The lowest BCUT2D eigenvalue weighted by molar-refractivity contribution is 0.127. The van der Waals surface area contributed by atoms with Crippen LogP contribution in [-0.4, -0.2) is 27.9 Å². The summed E-state index contributed by atoms with van der Waals surface area (Å²) in [6.07, 6.45) is 2.88. The van der Waals surface area contributed by atoms with Crippen molar-refractivity contribution < 1.29 is 4.74 Å². The summed E-state index contributed by atoms with van der Waals surface area (Å²) in [5.74, 6) is 0. The van der Waals surface area contributed by atoms with Crippen molar-refractivity contribution in [1.82, 2.24) is 9.97 Å². The molecule has 0 amide bonds. The summed E-state index contributed by atoms with van der Waals surface area (Å²) in [6.45, 7) is 2.86. The van der Waals surface area contributed by atoms with Gasteiger partial charge in [-0.1, -0.05) is 11.8 Å². The minimum atomic E-state index is 0.240. The van der Waals surface area contributed by atoms with Gasteiger partial charge in [-0.05, 0) is 19.4 Å². The molecule has 5 heteroatoms. The number of hydrogen-bond acceptors (Lipinski definition) is 5. The summed E-state index contributed by atoms with van der Waals surface area (Å²) in [7, 11) is 0. The van der Waals surface area contributed by atoms with Gasteiger partial charge in [0.15, 0.2) is 5.16 Å². The molecular formula is C10H11N3OS. The van der Waals surface area contributed by atoms with Gasteiger partial charge in [0.25, 0.3) is 0 Å². The van der Waals surface area contributed by atoms with E-state index >= 15 is 0 Å². The number of hydrogen-bond donors (Lipinski definition) is 0. The molecule has 1 aliphatic heterocycles. The molecular weight excluding hydrogens is 210 g/mol. The molecule has 0 N–H and O–H groups in total. The van der Waals surface area contributed by atoms with E-state index in [0.29, 0.717) is 16.1 Å². The van der Waals surface area contributed by atoms with Gasteiger partial charge in [-0.15, -0.1) is 0 Å². The lowest BCUT2D eigenvalue weighted by atomic mass is 10.3. The van der Waals surface area contributed by atoms with Crippen LogP contribution in [0.4, 0.5) is 0 Å².